The number of para-hydroxylation sites is 1. The molecule has 2 aromatic rings. The molecule has 0 unspecified atom stereocenters. The Kier molecular flexibility index (Phi) is 5.73. The van der Waals surface area contributed by atoms with Crippen LogP contribution in [-0.4, -0.2) is 67.6 Å². The third kappa shape index (κ3) is 4.09. The van der Waals surface area contributed by atoms with Gasteiger partial charge in [-0.05, 0) is 36.5 Å². The van der Waals surface area contributed by atoms with Crippen LogP contribution in [0.1, 0.15) is 34.3 Å². The summed E-state index contributed by atoms with van der Waals surface area (Å²) in [5.74, 6) is 0.206. The summed E-state index contributed by atoms with van der Waals surface area (Å²) >= 11 is 0. The minimum absolute atomic E-state index is 0.206. The molecule has 3 aliphatic heterocycles. The first-order chi connectivity index (χ1) is 14.8. The number of rotatable bonds is 6. The van der Waals surface area contributed by atoms with Crippen molar-refractivity contribution in [2.45, 2.75) is 32.0 Å². The zero-order chi connectivity index (χ0) is 20.3. The summed E-state index contributed by atoms with van der Waals surface area (Å²) in [5, 5.41) is 0. The third-order valence-electron chi connectivity index (χ3n) is 6.79. The standard InChI is InChI=1S/C25H31N3O2/c29-25-23-8-4-7-21-9-14-27(24(21)23)17-18-28(25)16-15-26-12-10-22(11-13-26)30-19-20-5-2-1-3-6-20/h1-8,22H,9-19H2. The highest BCUT2D eigenvalue weighted by atomic mass is 16.5. The molecule has 5 nitrogen and oxygen atoms in total. The number of anilines is 1. The van der Waals surface area contributed by atoms with Crippen LogP contribution in [0.4, 0.5) is 5.69 Å². The van der Waals surface area contributed by atoms with E-state index >= 15 is 0 Å². The van der Waals surface area contributed by atoms with E-state index in [1.807, 2.05) is 18.2 Å². The van der Waals surface area contributed by atoms with E-state index in [9.17, 15) is 4.79 Å². The first-order valence-corrected chi connectivity index (χ1v) is 11.3. The van der Waals surface area contributed by atoms with E-state index in [0.29, 0.717) is 12.7 Å². The normalized spacial score (nSPS) is 19.8. The maximum Gasteiger partial charge on any atom is 0.256 e. The number of piperidine rings is 1. The molecule has 0 aliphatic carbocycles. The number of amides is 1. The molecule has 1 amide bonds. The lowest BCUT2D eigenvalue weighted by Crippen LogP contribution is -2.43. The molecule has 1 fully saturated rings. The minimum Gasteiger partial charge on any atom is -0.373 e. The van der Waals surface area contributed by atoms with Gasteiger partial charge in [-0.15, -0.1) is 0 Å². The number of benzene rings is 2. The summed E-state index contributed by atoms with van der Waals surface area (Å²) in [6, 6.07) is 16.6. The average Bonchev–Trinajstić information content (AvgIpc) is 3.16. The Morgan fingerprint density at radius 2 is 1.70 bits per heavy atom. The monoisotopic (exact) mass is 405 g/mol. The second-order valence-corrected chi connectivity index (χ2v) is 8.68. The minimum atomic E-state index is 0.206. The molecule has 0 atom stereocenters. The van der Waals surface area contributed by atoms with E-state index in [1.54, 1.807) is 0 Å². The van der Waals surface area contributed by atoms with Gasteiger partial charge in [-0.1, -0.05) is 42.5 Å². The molecule has 0 saturated carbocycles. The Hall–Kier alpha value is -2.37. The fourth-order valence-electron chi connectivity index (χ4n) is 5.01. The highest BCUT2D eigenvalue weighted by Gasteiger charge is 2.31. The van der Waals surface area contributed by atoms with Crippen LogP contribution < -0.4 is 4.90 Å². The fourth-order valence-corrected chi connectivity index (χ4v) is 5.01. The van der Waals surface area contributed by atoms with E-state index < -0.39 is 0 Å². The van der Waals surface area contributed by atoms with Gasteiger partial charge in [0.25, 0.3) is 5.91 Å². The number of nitrogens with zero attached hydrogens (tertiary/aromatic N) is 3. The number of likely N-dealkylation sites (tertiary alicyclic amines) is 1. The Balaban J connectivity index is 1.11. The van der Waals surface area contributed by atoms with Gasteiger partial charge in [-0.3, -0.25) is 4.79 Å². The summed E-state index contributed by atoms with van der Waals surface area (Å²) in [5.41, 5.74) is 4.67. The lowest BCUT2D eigenvalue weighted by molar-refractivity contribution is -0.00362. The van der Waals surface area contributed by atoms with Crippen LogP contribution in [0.25, 0.3) is 0 Å². The van der Waals surface area contributed by atoms with Crippen LogP contribution in [-0.2, 0) is 17.8 Å². The average molecular weight is 406 g/mol. The van der Waals surface area contributed by atoms with Crippen LogP contribution in [0.5, 0.6) is 0 Å². The van der Waals surface area contributed by atoms with Gasteiger partial charge in [0.1, 0.15) is 0 Å². The molecule has 30 heavy (non-hydrogen) atoms. The lowest BCUT2D eigenvalue weighted by atomic mass is 10.1. The zero-order valence-electron chi connectivity index (χ0n) is 17.6. The van der Waals surface area contributed by atoms with E-state index in [1.165, 1.54) is 16.8 Å². The van der Waals surface area contributed by atoms with Crippen molar-refractivity contribution in [2.75, 3.05) is 50.7 Å². The molecule has 1 saturated heterocycles. The molecule has 3 aliphatic rings. The molecular formula is C25H31N3O2. The molecule has 0 N–H and O–H groups in total. The summed E-state index contributed by atoms with van der Waals surface area (Å²) < 4.78 is 6.12. The number of carbonyl (C=O) groups is 1. The SMILES string of the molecule is O=C1c2cccc3c2N(CC3)CCN1CCN1CCC(OCc2ccccc2)CC1. The van der Waals surface area contributed by atoms with E-state index in [4.69, 9.17) is 4.74 Å². The van der Waals surface area contributed by atoms with Gasteiger partial charge in [0.2, 0.25) is 0 Å². The second-order valence-electron chi connectivity index (χ2n) is 8.68. The van der Waals surface area contributed by atoms with Gasteiger partial charge in [-0.25, -0.2) is 0 Å². The molecule has 0 radical (unpaired) electrons. The van der Waals surface area contributed by atoms with Crippen LogP contribution >= 0.6 is 0 Å². The zero-order valence-corrected chi connectivity index (χ0v) is 17.6. The molecular weight excluding hydrogens is 374 g/mol. The van der Waals surface area contributed by atoms with Gasteiger partial charge in [0.15, 0.2) is 0 Å². The van der Waals surface area contributed by atoms with Crippen molar-refractivity contribution in [3.8, 4) is 0 Å². The van der Waals surface area contributed by atoms with Crippen LogP contribution in [0.2, 0.25) is 0 Å². The van der Waals surface area contributed by atoms with Gasteiger partial charge in [0, 0.05) is 45.8 Å². The molecule has 5 rings (SSSR count). The van der Waals surface area contributed by atoms with Crippen molar-refractivity contribution in [2.24, 2.45) is 0 Å². The Bertz CT molecular complexity index is 877. The number of hydrogen-bond donors (Lipinski definition) is 0. The first kappa shape index (κ1) is 19.6. The van der Waals surface area contributed by atoms with Crippen molar-refractivity contribution in [3.05, 3.63) is 65.2 Å². The maximum atomic E-state index is 13.2. The Morgan fingerprint density at radius 3 is 2.53 bits per heavy atom. The Labute approximate surface area is 179 Å². The molecule has 0 spiro atoms. The quantitative estimate of drug-likeness (QED) is 0.740. The summed E-state index contributed by atoms with van der Waals surface area (Å²) in [6.45, 7) is 7.38. The van der Waals surface area contributed by atoms with E-state index in [0.717, 1.165) is 70.6 Å². The van der Waals surface area contributed by atoms with Gasteiger partial charge >= 0.3 is 0 Å². The van der Waals surface area contributed by atoms with Crippen molar-refractivity contribution in [1.29, 1.82) is 0 Å². The first-order valence-electron chi connectivity index (χ1n) is 11.3. The van der Waals surface area contributed by atoms with Crippen LogP contribution in [0.3, 0.4) is 0 Å². The number of hydrogen-bond acceptors (Lipinski definition) is 4. The van der Waals surface area contributed by atoms with Crippen molar-refractivity contribution >= 4 is 11.6 Å². The molecule has 0 bridgehead atoms. The number of carbonyl (C=O) groups excluding carboxylic acids is 1. The Morgan fingerprint density at radius 1 is 0.867 bits per heavy atom. The predicted molar refractivity (Wildman–Crippen MR) is 119 cm³/mol. The molecule has 0 aromatic heterocycles. The molecule has 3 heterocycles. The maximum absolute atomic E-state index is 13.2. The highest BCUT2D eigenvalue weighted by molar-refractivity contribution is 6.01. The predicted octanol–water partition coefficient (Wildman–Crippen LogP) is 3.19. The molecule has 158 valence electrons. The summed E-state index contributed by atoms with van der Waals surface area (Å²) in [6.07, 6.45) is 3.55. The summed E-state index contributed by atoms with van der Waals surface area (Å²) in [7, 11) is 0. The fraction of sp³-hybridized carbons (Fsp3) is 0.480. The van der Waals surface area contributed by atoms with Gasteiger partial charge < -0.3 is 19.4 Å². The van der Waals surface area contributed by atoms with Crippen molar-refractivity contribution in [3.63, 3.8) is 0 Å². The van der Waals surface area contributed by atoms with Crippen LogP contribution in [0, 0.1) is 0 Å². The third-order valence-corrected chi connectivity index (χ3v) is 6.79. The topological polar surface area (TPSA) is 36.0 Å². The highest BCUT2D eigenvalue weighted by Crippen LogP contribution is 2.34. The smallest absolute Gasteiger partial charge is 0.256 e. The van der Waals surface area contributed by atoms with Gasteiger partial charge in [-0.2, -0.15) is 0 Å². The molecule has 5 heteroatoms. The molecule has 2 aromatic carbocycles. The second kappa shape index (κ2) is 8.78. The van der Waals surface area contributed by atoms with Crippen molar-refractivity contribution < 1.29 is 9.53 Å². The lowest BCUT2D eigenvalue weighted by Gasteiger charge is -2.33. The van der Waals surface area contributed by atoms with Crippen molar-refractivity contribution in [1.82, 2.24) is 9.80 Å². The largest absolute Gasteiger partial charge is 0.373 e. The number of ether oxygens (including phenoxy) is 1. The van der Waals surface area contributed by atoms with E-state index in [-0.39, 0.29) is 5.91 Å². The summed E-state index contributed by atoms with van der Waals surface area (Å²) in [4.78, 5) is 20.1. The van der Waals surface area contributed by atoms with Gasteiger partial charge in [0.05, 0.1) is 24.0 Å². The van der Waals surface area contributed by atoms with Crippen LogP contribution in [0.15, 0.2) is 48.5 Å². The van der Waals surface area contributed by atoms with E-state index in [2.05, 4.69) is 45.0 Å².